The molecule has 2 heterocycles. The van der Waals surface area contributed by atoms with Crippen molar-refractivity contribution in [2.45, 2.75) is 39.1 Å². The molecule has 0 saturated heterocycles. The summed E-state index contributed by atoms with van der Waals surface area (Å²) in [6.07, 6.45) is -0.663. The van der Waals surface area contributed by atoms with Gasteiger partial charge in [0.25, 0.3) is 0 Å². The van der Waals surface area contributed by atoms with Crippen LogP contribution in [0.5, 0.6) is 11.5 Å². The zero-order valence-corrected chi connectivity index (χ0v) is 20.3. The molecule has 32 heavy (non-hydrogen) atoms. The first-order valence-corrected chi connectivity index (χ1v) is 12.5. The van der Waals surface area contributed by atoms with E-state index in [0.717, 1.165) is 16.4 Å². The van der Waals surface area contributed by atoms with Gasteiger partial charge >= 0.3 is 0 Å². The van der Waals surface area contributed by atoms with Gasteiger partial charge in [-0.25, -0.2) is 0 Å². The molecule has 0 unspecified atom stereocenters. The Hall–Kier alpha value is -2.60. The van der Waals surface area contributed by atoms with Gasteiger partial charge in [0, 0.05) is 9.75 Å². The molecule has 3 atom stereocenters. The van der Waals surface area contributed by atoms with Crippen LogP contribution in [0.15, 0.2) is 95.7 Å². The molecule has 2 aromatic heterocycles. The first kappa shape index (κ1) is 24.1. The first-order valence-electron chi connectivity index (χ1n) is 10.7. The molecular formula is C27H30O3S2. The maximum Gasteiger partial charge on any atom is 0.158 e. The van der Waals surface area contributed by atoms with E-state index in [1.54, 1.807) is 29.6 Å². The Morgan fingerprint density at radius 1 is 0.594 bits per heavy atom. The summed E-state index contributed by atoms with van der Waals surface area (Å²) < 4.78 is 11.8. The van der Waals surface area contributed by atoms with Gasteiger partial charge in [0.05, 0.1) is 6.10 Å². The van der Waals surface area contributed by atoms with E-state index in [2.05, 4.69) is 31.4 Å². The van der Waals surface area contributed by atoms with Crippen LogP contribution in [0, 0.1) is 5.92 Å². The first-order chi connectivity index (χ1) is 15.5. The Morgan fingerprint density at radius 3 is 1.41 bits per heavy atom. The summed E-state index contributed by atoms with van der Waals surface area (Å²) in [7, 11) is 0. The van der Waals surface area contributed by atoms with Crippen molar-refractivity contribution in [1.29, 1.82) is 0 Å². The van der Waals surface area contributed by atoms with Gasteiger partial charge in [-0.15, -0.1) is 22.7 Å². The van der Waals surface area contributed by atoms with Gasteiger partial charge in [-0.05, 0) is 60.0 Å². The van der Waals surface area contributed by atoms with E-state index in [1.165, 1.54) is 4.88 Å². The predicted octanol–water partition coefficient (Wildman–Crippen LogP) is 7.77. The van der Waals surface area contributed by atoms with E-state index in [1.807, 2.05) is 78.2 Å². The monoisotopic (exact) mass is 466 g/mol. The molecule has 0 spiro atoms. The summed E-state index contributed by atoms with van der Waals surface area (Å²) in [5.41, 5.74) is 0. The zero-order valence-electron chi connectivity index (χ0n) is 18.6. The number of aliphatic hydroxyl groups excluding tert-OH is 1. The van der Waals surface area contributed by atoms with Gasteiger partial charge in [-0.3, -0.25) is 0 Å². The van der Waals surface area contributed by atoms with E-state index >= 15 is 0 Å². The second-order valence-corrected chi connectivity index (χ2v) is 9.68. The molecule has 0 aliphatic heterocycles. The molecule has 1 N–H and O–H groups in total. The Balaban J connectivity index is 0.000000181. The molecule has 0 fully saturated rings. The minimum absolute atomic E-state index is 0.155. The van der Waals surface area contributed by atoms with E-state index in [9.17, 15) is 5.11 Å². The lowest BCUT2D eigenvalue weighted by molar-refractivity contribution is 0.0502. The molecule has 5 heteroatoms. The number of benzene rings is 2. The van der Waals surface area contributed by atoms with Crippen LogP contribution in [-0.4, -0.2) is 11.2 Å². The van der Waals surface area contributed by atoms with Gasteiger partial charge in [0.1, 0.15) is 17.6 Å². The van der Waals surface area contributed by atoms with E-state index in [4.69, 9.17) is 9.47 Å². The van der Waals surface area contributed by atoms with E-state index in [0.29, 0.717) is 5.92 Å². The molecule has 168 valence electrons. The zero-order chi connectivity index (χ0) is 22.8. The van der Waals surface area contributed by atoms with Crippen LogP contribution in [0.25, 0.3) is 0 Å². The third-order valence-corrected chi connectivity index (χ3v) is 6.57. The molecule has 3 nitrogen and oxygen atoms in total. The summed E-state index contributed by atoms with van der Waals surface area (Å²) in [5, 5.41) is 13.8. The lowest BCUT2D eigenvalue weighted by atomic mass is 10.1. The van der Waals surface area contributed by atoms with E-state index < -0.39 is 6.10 Å². The number of hydrogen-bond donors (Lipinski definition) is 1. The summed E-state index contributed by atoms with van der Waals surface area (Å²) in [6, 6.07) is 27.7. The minimum Gasteiger partial charge on any atom is -0.485 e. The van der Waals surface area contributed by atoms with Crippen molar-refractivity contribution < 1.29 is 14.6 Å². The number of rotatable bonds is 8. The van der Waals surface area contributed by atoms with Crippen LogP contribution in [-0.2, 0) is 0 Å². The van der Waals surface area contributed by atoms with Crippen LogP contribution in [0.2, 0.25) is 0 Å². The standard InChI is InChI=1S/C14H16OS.C13H14O2S/c1-11(2)14(13-9-6-10-16-13)15-12-7-4-3-5-8-12;1-10(14)13(12-8-5-9-16-12)15-11-6-3-2-4-7-11/h3-11,14H,1-2H3;2-10,13-14H,1H3/t14-;10-,13-/m00/s1. The highest BCUT2D eigenvalue weighted by Crippen LogP contribution is 2.31. The smallest absolute Gasteiger partial charge is 0.158 e. The van der Waals surface area contributed by atoms with Crippen molar-refractivity contribution in [3.05, 3.63) is 105 Å². The van der Waals surface area contributed by atoms with Crippen molar-refractivity contribution in [1.82, 2.24) is 0 Å². The Kier molecular flexibility index (Phi) is 9.35. The van der Waals surface area contributed by atoms with Gasteiger partial charge in [-0.1, -0.05) is 62.4 Å². The predicted molar refractivity (Wildman–Crippen MR) is 135 cm³/mol. The van der Waals surface area contributed by atoms with Crippen molar-refractivity contribution >= 4 is 22.7 Å². The highest BCUT2D eigenvalue weighted by Gasteiger charge is 2.20. The number of ether oxygens (including phenoxy) is 2. The number of hydrogen-bond acceptors (Lipinski definition) is 5. The third kappa shape index (κ3) is 7.23. The van der Waals surface area contributed by atoms with Crippen molar-refractivity contribution in [3.8, 4) is 11.5 Å². The molecule has 0 aliphatic carbocycles. The van der Waals surface area contributed by atoms with Crippen LogP contribution in [0.4, 0.5) is 0 Å². The second-order valence-electron chi connectivity index (χ2n) is 7.72. The lowest BCUT2D eigenvalue weighted by Gasteiger charge is -2.21. The van der Waals surface area contributed by atoms with Crippen molar-refractivity contribution in [3.63, 3.8) is 0 Å². The number of para-hydroxylation sites is 2. The highest BCUT2D eigenvalue weighted by atomic mass is 32.1. The van der Waals surface area contributed by atoms with Crippen LogP contribution in [0.1, 0.15) is 42.7 Å². The normalized spacial score (nSPS) is 13.5. The molecular weight excluding hydrogens is 436 g/mol. The minimum atomic E-state index is -0.529. The van der Waals surface area contributed by atoms with Crippen LogP contribution in [0.3, 0.4) is 0 Å². The topological polar surface area (TPSA) is 38.7 Å². The highest BCUT2D eigenvalue weighted by molar-refractivity contribution is 7.10. The average molecular weight is 467 g/mol. The van der Waals surface area contributed by atoms with Crippen molar-refractivity contribution in [2.75, 3.05) is 0 Å². The lowest BCUT2D eigenvalue weighted by Crippen LogP contribution is -2.19. The van der Waals surface area contributed by atoms with Gasteiger partial charge < -0.3 is 14.6 Å². The SMILES string of the molecule is CC(C)[C@H](Oc1ccccc1)c1cccs1.C[C@H](O)[C@H](Oc1ccccc1)c1cccs1. The quantitative estimate of drug-likeness (QED) is 0.288. The fraction of sp³-hybridized carbons (Fsp3) is 0.259. The Labute approximate surface area is 198 Å². The average Bonchev–Trinajstić information content (AvgIpc) is 3.52. The molecule has 0 amide bonds. The Morgan fingerprint density at radius 2 is 1.03 bits per heavy atom. The van der Waals surface area contributed by atoms with Crippen LogP contribution < -0.4 is 9.47 Å². The van der Waals surface area contributed by atoms with Gasteiger partial charge in [-0.2, -0.15) is 0 Å². The number of thiophene rings is 2. The Bertz CT molecular complexity index is 898. The van der Waals surface area contributed by atoms with Crippen LogP contribution >= 0.6 is 22.7 Å². The summed E-state index contributed by atoms with van der Waals surface area (Å²) in [4.78, 5) is 2.33. The molecule has 0 radical (unpaired) electrons. The molecule has 0 saturated carbocycles. The molecule has 2 aromatic carbocycles. The number of aliphatic hydroxyl groups is 1. The summed E-state index contributed by atoms with van der Waals surface area (Å²) in [6.45, 7) is 6.12. The maximum atomic E-state index is 9.73. The fourth-order valence-electron chi connectivity index (χ4n) is 3.11. The van der Waals surface area contributed by atoms with Gasteiger partial charge in [0.2, 0.25) is 0 Å². The van der Waals surface area contributed by atoms with Gasteiger partial charge in [0.15, 0.2) is 6.10 Å². The second kappa shape index (κ2) is 12.4. The molecule has 0 aliphatic rings. The van der Waals surface area contributed by atoms with E-state index in [-0.39, 0.29) is 12.2 Å². The molecule has 4 aromatic rings. The maximum absolute atomic E-state index is 9.73. The molecule has 4 rings (SSSR count). The third-order valence-electron chi connectivity index (χ3n) is 4.70. The fourth-order valence-corrected chi connectivity index (χ4v) is 4.89. The molecule has 0 bridgehead atoms. The van der Waals surface area contributed by atoms with Crippen molar-refractivity contribution in [2.24, 2.45) is 5.92 Å². The summed E-state index contributed by atoms with van der Waals surface area (Å²) in [5.74, 6) is 2.19. The summed E-state index contributed by atoms with van der Waals surface area (Å²) >= 11 is 3.35. The largest absolute Gasteiger partial charge is 0.485 e.